The van der Waals surface area contributed by atoms with E-state index in [4.69, 9.17) is 0 Å². The van der Waals surface area contributed by atoms with E-state index < -0.39 is 0 Å². The Balaban J connectivity index is 2.00. The summed E-state index contributed by atoms with van der Waals surface area (Å²) in [6.45, 7) is 3.94. The number of hydrogen-bond acceptors (Lipinski definition) is 4. The third-order valence-electron chi connectivity index (χ3n) is 2.56. The third-order valence-corrected chi connectivity index (χ3v) is 2.56. The Morgan fingerprint density at radius 3 is 2.83 bits per heavy atom. The molecule has 0 saturated heterocycles. The number of nitrogens with one attached hydrogen (secondary N) is 2. The lowest BCUT2D eigenvalue weighted by Crippen LogP contribution is -2.34. The van der Waals surface area contributed by atoms with Crippen LogP contribution in [0.3, 0.4) is 0 Å². The summed E-state index contributed by atoms with van der Waals surface area (Å²) in [5, 5.41) is 9.89. The average molecular weight is 250 g/mol. The second-order valence-electron chi connectivity index (χ2n) is 4.88. The SMILES string of the molecule is CC(C)Nc1cnn(CC(=O)NC2CC2)c(=O)c1. The van der Waals surface area contributed by atoms with Gasteiger partial charge in [0.15, 0.2) is 0 Å². The van der Waals surface area contributed by atoms with Gasteiger partial charge in [-0.05, 0) is 26.7 Å². The Bertz CT molecular complexity index is 491. The molecule has 1 saturated carbocycles. The number of nitrogens with zero attached hydrogens (tertiary/aromatic N) is 2. The Morgan fingerprint density at radius 1 is 1.56 bits per heavy atom. The minimum absolute atomic E-state index is 0.0166. The highest BCUT2D eigenvalue weighted by Crippen LogP contribution is 2.18. The largest absolute Gasteiger partial charge is 0.381 e. The molecule has 0 radical (unpaired) electrons. The van der Waals surface area contributed by atoms with Gasteiger partial charge < -0.3 is 10.6 Å². The number of amides is 1. The molecular formula is C12H18N4O2. The Hall–Kier alpha value is -1.85. The van der Waals surface area contributed by atoms with Crippen LogP contribution in [0.15, 0.2) is 17.1 Å². The zero-order valence-corrected chi connectivity index (χ0v) is 10.6. The van der Waals surface area contributed by atoms with Crippen molar-refractivity contribution in [2.24, 2.45) is 0 Å². The molecule has 1 aliphatic rings. The fraction of sp³-hybridized carbons (Fsp3) is 0.583. The van der Waals surface area contributed by atoms with Gasteiger partial charge in [0.1, 0.15) is 6.54 Å². The van der Waals surface area contributed by atoms with E-state index in [9.17, 15) is 9.59 Å². The average Bonchev–Trinajstić information content (AvgIpc) is 3.05. The molecule has 1 aromatic rings. The van der Waals surface area contributed by atoms with Gasteiger partial charge in [0.05, 0.1) is 11.9 Å². The van der Waals surface area contributed by atoms with Gasteiger partial charge in [-0.15, -0.1) is 0 Å². The van der Waals surface area contributed by atoms with E-state index in [0.29, 0.717) is 11.7 Å². The van der Waals surface area contributed by atoms with Crippen LogP contribution in [0.5, 0.6) is 0 Å². The quantitative estimate of drug-likeness (QED) is 0.790. The van der Waals surface area contributed by atoms with Crippen LogP contribution < -0.4 is 16.2 Å². The van der Waals surface area contributed by atoms with Crippen molar-refractivity contribution in [1.82, 2.24) is 15.1 Å². The Kier molecular flexibility index (Phi) is 3.64. The van der Waals surface area contributed by atoms with Gasteiger partial charge in [-0.2, -0.15) is 5.10 Å². The first-order valence-corrected chi connectivity index (χ1v) is 6.17. The maximum absolute atomic E-state index is 11.7. The van der Waals surface area contributed by atoms with Crippen LogP contribution in [0, 0.1) is 0 Å². The molecule has 0 aromatic carbocycles. The first kappa shape index (κ1) is 12.6. The lowest BCUT2D eigenvalue weighted by atomic mass is 10.3. The van der Waals surface area contributed by atoms with E-state index >= 15 is 0 Å². The fourth-order valence-corrected chi connectivity index (χ4v) is 1.60. The number of rotatable bonds is 5. The highest BCUT2D eigenvalue weighted by atomic mass is 16.2. The molecule has 1 heterocycles. The van der Waals surface area contributed by atoms with Crippen LogP contribution in [0.4, 0.5) is 5.69 Å². The summed E-state index contributed by atoms with van der Waals surface area (Å²) < 4.78 is 1.17. The summed E-state index contributed by atoms with van der Waals surface area (Å²) in [7, 11) is 0. The van der Waals surface area contributed by atoms with Gasteiger partial charge in [-0.3, -0.25) is 9.59 Å². The van der Waals surface area contributed by atoms with Crippen LogP contribution in [0.2, 0.25) is 0 Å². The van der Waals surface area contributed by atoms with Crippen LogP contribution in [-0.2, 0) is 11.3 Å². The van der Waals surface area contributed by atoms with Crippen molar-refractivity contribution in [2.75, 3.05) is 5.32 Å². The number of carbonyl (C=O) groups is 1. The van der Waals surface area contributed by atoms with E-state index in [0.717, 1.165) is 12.8 Å². The molecule has 1 aliphatic carbocycles. The molecule has 18 heavy (non-hydrogen) atoms. The maximum atomic E-state index is 11.7. The first-order chi connectivity index (χ1) is 8.54. The minimum atomic E-state index is -0.272. The summed E-state index contributed by atoms with van der Waals surface area (Å²) in [4.78, 5) is 23.3. The topological polar surface area (TPSA) is 76.0 Å². The number of anilines is 1. The highest BCUT2D eigenvalue weighted by molar-refractivity contribution is 5.76. The molecule has 0 unspecified atom stereocenters. The molecular weight excluding hydrogens is 232 g/mol. The standard InChI is InChI=1S/C12H18N4O2/c1-8(2)14-10-5-12(18)16(13-6-10)7-11(17)15-9-3-4-9/h5-6,8-9,14H,3-4,7H2,1-2H3,(H,15,17). The number of carbonyl (C=O) groups excluding carboxylic acids is 1. The van der Waals surface area contributed by atoms with Crippen molar-refractivity contribution in [3.05, 3.63) is 22.6 Å². The van der Waals surface area contributed by atoms with Crippen molar-refractivity contribution in [3.63, 3.8) is 0 Å². The lowest BCUT2D eigenvalue weighted by molar-refractivity contribution is -0.122. The molecule has 1 aromatic heterocycles. The van der Waals surface area contributed by atoms with E-state index in [1.807, 2.05) is 13.8 Å². The Morgan fingerprint density at radius 2 is 2.28 bits per heavy atom. The predicted molar refractivity (Wildman–Crippen MR) is 68.4 cm³/mol. The third kappa shape index (κ3) is 3.58. The van der Waals surface area contributed by atoms with Crippen molar-refractivity contribution in [2.45, 2.75) is 45.3 Å². The molecule has 1 fully saturated rings. The fourth-order valence-electron chi connectivity index (χ4n) is 1.60. The number of aromatic nitrogens is 2. The molecule has 6 heteroatoms. The van der Waals surface area contributed by atoms with Crippen LogP contribution in [0.25, 0.3) is 0 Å². The second-order valence-corrected chi connectivity index (χ2v) is 4.88. The van der Waals surface area contributed by atoms with Gasteiger partial charge in [-0.25, -0.2) is 4.68 Å². The number of hydrogen-bond donors (Lipinski definition) is 2. The summed E-state index contributed by atoms with van der Waals surface area (Å²) in [6.07, 6.45) is 3.63. The summed E-state index contributed by atoms with van der Waals surface area (Å²) in [5.74, 6) is -0.156. The molecule has 0 bridgehead atoms. The van der Waals surface area contributed by atoms with E-state index in [-0.39, 0.29) is 24.1 Å². The lowest BCUT2D eigenvalue weighted by Gasteiger charge is -2.10. The Labute approximate surface area is 105 Å². The van der Waals surface area contributed by atoms with Gasteiger partial charge in [0.25, 0.3) is 5.56 Å². The van der Waals surface area contributed by atoms with Gasteiger partial charge >= 0.3 is 0 Å². The first-order valence-electron chi connectivity index (χ1n) is 6.17. The molecule has 1 amide bonds. The van der Waals surface area contributed by atoms with E-state index in [2.05, 4.69) is 15.7 Å². The van der Waals surface area contributed by atoms with Crippen molar-refractivity contribution >= 4 is 11.6 Å². The molecule has 98 valence electrons. The van der Waals surface area contributed by atoms with Crippen molar-refractivity contribution < 1.29 is 4.79 Å². The normalized spacial score (nSPS) is 14.6. The van der Waals surface area contributed by atoms with Crippen molar-refractivity contribution in [1.29, 1.82) is 0 Å². The minimum Gasteiger partial charge on any atom is -0.381 e. The monoisotopic (exact) mass is 250 g/mol. The molecule has 6 nitrogen and oxygen atoms in total. The van der Waals surface area contributed by atoms with Crippen molar-refractivity contribution in [3.8, 4) is 0 Å². The molecule has 0 aliphatic heterocycles. The van der Waals surface area contributed by atoms with Gasteiger partial charge in [0.2, 0.25) is 5.91 Å². The summed E-state index contributed by atoms with van der Waals surface area (Å²) in [6, 6.07) is 1.99. The molecule has 0 spiro atoms. The molecule has 2 N–H and O–H groups in total. The van der Waals surface area contributed by atoms with Crippen LogP contribution in [0.1, 0.15) is 26.7 Å². The van der Waals surface area contributed by atoms with Gasteiger partial charge in [0, 0.05) is 18.2 Å². The van der Waals surface area contributed by atoms with E-state index in [1.54, 1.807) is 6.20 Å². The molecule has 2 rings (SSSR count). The van der Waals surface area contributed by atoms with Crippen LogP contribution in [-0.4, -0.2) is 27.8 Å². The zero-order chi connectivity index (χ0) is 13.1. The second kappa shape index (κ2) is 5.20. The highest BCUT2D eigenvalue weighted by Gasteiger charge is 2.23. The smallest absolute Gasteiger partial charge is 0.269 e. The maximum Gasteiger partial charge on any atom is 0.269 e. The zero-order valence-electron chi connectivity index (χ0n) is 10.6. The van der Waals surface area contributed by atoms with Gasteiger partial charge in [-0.1, -0.05) is 0 Å². The summed E-state index contributed by atoms with van der Waals surface area (Å²) in [5.41, 5.74) is 0.403. The predicted octanol–water partition coefficient (Wildman–Crippen LogP) is 0.342. The summed E-state index contributed by atoms with van der Waals surface area (Å²) >= 11 is 0. The van der Waals surface area contributed by atoms with Crippen LogP contribution >= 0.6 is 0 Å². The van der Waals surface area contributed by atoms with E-state index in [1.165, 1.54) is 10.7 Å². The molecule has 0 atom stereocenters.